The third-order valence-corrected chi connectivity index (χ3v) is 15.0. The predicted molar refractivity (Wildman–Crippen MR) is 90.9 cm³/mol. The Kier molecular flexibility index (Phi) is 3.96. The second kappa shape index (κ2) is 4.96. The van der Waals surface area contributed by atoms with Crippen LogP contribution in [-0.4, -0.2) is 13.3 Å². The maximum absolute atomic E-state index is 2.48. The van der Waals surface area contributed by atoms with Crippen molar-refractivity contribution in [3.63, 3.8) is 0 Å². The zero-order chi connectivity index (χ0) is 14.3. The van der Waals surface area contributed by atoms with Crippen molar-refractivity contribution in [2.75, 3.05) is 0 Å². The first-order valence-corrected chi connectivity index (χ1v) is 10.7. The summed E-state index contributed by atoms with van der Waals surface area (Å²) in [5, 5.41) is 1.91. The van der Waals surface area contributed by atoms with Crippen molar-refractivity contribution < 1.29 is 0 Å². The molecule has 0 nitrogen and oxygen atoms in total. The molecule has 1 saturated heterocycles. The van der Waals surface area contributed by atoms with E-state index in [9.17, 15) is 0 Å². The number of rotatable bonds is 2. The van der Waals surface area contributed by atoms with Gasteiger partial charge in [0.2, 0.25) is 0 Å². The Morgan fingerprint density at radius 1 is 0.895 bits per heavy atom. The van der Waals surface area contributed by atoms with Crippen molar-refractivity contribution in [2.45, 2.75) is 73.9 Å². The van der Waals surface area contributed by atoms with Gasteiger partial charge in [-0.3, -0.25) is 0 Å². The fourth-order valence-corrected chi connectivity index (χ4v) is 13.0. The molecule has 0 aliphatic carbocycles. The summed E-state index contributed by atoms with van der Waals surface area (Å²) in [7, 11) is -1.18. The van der Waals surface area contributed by atoms with Crippen LogP contribution >= 0.6 is 11.8 Å². The molecule has 0 aromatic heterocycles. The van der Waals surface area contributed by atoms with Crippen LogP contribution in [0.3, 0.4) is 0 Å². The lowest BCUT2D eigenvalue weighted by molar-refractivity contribution is 0.565. The number of hydrogen-bond donors (Lipinski definition) is 0. The summed E-state index contributed by atoms with van der Waals surface area (Å²) >= 11 is 2.10. The first-order valence-electron chi connectivity index (χ1n) is 7.37. The van der Waals surface area contributed by atoms with Crippen LogP contribution in [0.15, 0.2) is 35.2 Å². The van der Waals surface area contributed by atoms with Crippen LogP contribution in [0.25, 0.3) is 0 Å². The van der Waals surface area contributed by atoms with Crippen LogP contribution in [-0.2, 0) is 0 Å². The van der Waals surface area contributed by atoms with E-state index in [0.717, 1.165) is 5.25 Å². The summed E-state index contributed by atoms with van der Waals surface area (Å²) in [4.78, 5) is 1.44. The summed E-state index contributed by atoms with van der Waals surface area (Å²) in [6, 6.07) is 13.9. The van der Waals surface area contributed by atoms with E-state index in [0.29, 0.717) is 10.1 Å². The van der Waals surface area contributed by atoms with E-state index in [-0.39, 0.29) is 0 Å². The molecule has 0 atom stereocenters. The molecule has 0 amide bonds. The Bertz CT molecular complexity index is 403. The molecule has 1 fully saturated rings. The van der Waals surface area contributed by atoms with Gasteiger partial charge >= 0.3 is 0 Å². The van der Waals surface area contributed by atoms with E-state index in [1.54, 1.807) is 0 Å². The number of thioether (sulfide) groups is 1. The zero-order valence-corrected chi connectivity index (χ0v) is 15.1. The Morgan fingerprint density at radius 3 is 1.79 bits per heavy atom. The van der Waals surface area contributed by atoms with E-state index in [2.05, 4.69) is 83.6 Å². The number of hydrogen-bond acceptors (Lipinski definition) is 1. The highest BCUT2D eigenvalue weighted by Crippen LogP contribution is 2.64. The average Bonchev–Trinajstić information content (AvgIpc) is 2.20. The van der Waals surface area contributed by atoms with Gasteiger partial charge in [0, 0.05) is 10.1 Å². The third kappa shape index (κ3) is 2.80. The fourth-order valence-electron chi connectivity index (χ4n) is 3.84. The second-order valence-corrected chi connectivity index (χ2v) is 15.4. The molecule has 1 heterocycles. The Balaban J connectivity index is 2.07. The summed E-state index contributed by atoms with van der Waals surface area (Å²) in [6.45, 7) is 14.9. The smallest absolute Gasteiger partial charge is 0.0665 e. The zero-order valence-electron chi connectivity index (χ0n) is 13.3. The van der Waals surface area contributed by atoms with Gasteiger partial charge in [0.05, 0.1) is 8.07 Å². The van der Waals surface area contributed by atoms with Gasteiger partial charge in [-0.05, 0) is 34.3 Å². The van der Waals surface area contributed by atoms with Crippen molar-refractivity contribution in [2.24, 2.45) is 0 Å². The van der Waals surface area contributed by atoms with Crippen LogP contribution in [0.1, 0.15) is 41.5 Å². The minimum absolute atomic E-state index is 0.527. The molecular weight excluding hydrogens is 264 g/mol. The van der Waals surface area contributed by atoms with Crippen LogP contribution in [0.2, 0.25) is 22.2 Å². The van der Waals surface area contributed by atoms with E-state index in [1.165, 1.54) is 17.0 Å². The van der Waals surface area contributed by atoms with Gasteiger partial charge in [0.15, 0.2) is 0 Å². The maximum atomic E-state index is 2.48. The molecule has 0 radical (unpaired) electrons. The van der Waals surface area contributed by atoms with Crippen molar-refractivity contribution >= 4 is 19.8 Å². The molecule has 19 heavy (non-hydrogen) atoms. The molecule has 1 aliphatic heterocycles. The monoisotopic (exact) mass is 292 g/mol. The molecule has 0 spiro atoms. The molecule has 0 N–H and O–H groups in total. The van der Waals surface area contributed by atoms with E-state index in [4.69, 9.17) is 0 Å². The third-order valence-electron chi connectivity index (χ3n) is 5.07. The molecule has 0 bridgehead atoms. The topological polar surface area (TPSA) is 0 Å². The molecule has 1 aromatic carbocycles. The van der Waals surface area contributed by atoms with Gasteiger partial charge in [-0.15, -0.1) is 11.8 Å². The molecule has 2 rings (SSSR count). The molecule has 2 heteroatoms. The minimum atomic E-state index is -1.18. The lowest BCUT2D eigenvalue weighted by Gasteiger charge is -2.61. The summed E-state index contributed by atoms with van der Waals surface area (Å²) < 4.78 is 0. The van der Waals surface area contributed by atoms with Crippen LogP contribution in [0.4, 0.5) is 0 Å². The predicted octanol–water partition coefficient (Wildman–Crippen LogP) is 6.21. The van der Waals surface area contributed by atoms with Crippen LogP contribution < -0.4 is 0 Å². The SMILES string of the molecule is CC(C)(C)[Si]1(C(C)(C)C)CC(Sc2ccccc2)C1. The van der Waals surface area contributed by atoms with Gasteiger partial charge in [-0.25, -0.2) is 0 Å². The van der Waals surface area contributed by atoms with Crippen LogP contribution in [0.5, 0.6) is 0 Å². The quantitative estimate of drug-likeness (QED) is 0.584. The second-order valence-electron chi connectivity index (χ2n) is 8.04. The Labute approximate surface area is 124 Å². The Hall–Kier alpha value is -0.213. The fraction of sp³-hybridized carbons (Fsp3) is 0.647. The van der Waals surface area contributed by atoms with Gasteiger partial charge in [-0.2, -0.15) is 0 Å². The van der Waals surface area contributed by atoms with E-state index >= 15 is 0 Å². The minimum Gasteiger partial charge on any atom is -0.123 e. The van der Waals surface area contributed by atoms with Crippen molar-refractivity contribution in [1.29, 1.82) is 0 Å². The van der Waals surface area contributed by atoms with Crippen LogP contribution in [0, 0.1) is 0 Å². The molecule has 1 aliphatic rings. The van der Waals surface area contributed by atoms with Gasteiger partial charge in [0.25, 0.3) is 0 Å². The number of benzene rings is 1. The summed E-state index contributed by atoms with van der Waals surface area (Å²) in [6.07, 6.45) is 0. The highest BCUT2D eigenvalue weighted by atomic mass is 32.2. The lowest BCUT2D eigenvalue weighted by Crippen LogP contribution is -2.61. The molecule has 106 valence electrons. The van der Waals surface area contributed by atoms with E-state index in [1.807, 2.05) is 0 Å². The molecular formula is C17H28SSi. The van der Waals surface area contributed by atoms with Gasteiger partial charge < -0.3 is 0 Å². The first kappa shape index (κ1) is 15.2. The van der Waals surface area contributed by atoms with Gasteiger partial charge in [-0.1, -0.05) is 59.7 Å². The van der Waals surface area contributed by atoms with Crippen molar-refractivity contribution in [3.05, 3.63) is 30.3 Å². The summed E-state index contributed by atoms with van der Waals surface area (Å²) in [5.74, 6) is 0. The molecule has 0 unspecified atom stereocenters. The largest absolute Gasteiger partial charge is 0.123 e. The van der Waals surface area contributed by atoms with Gasteiger partial charge in [0.1, 0.15) is 0 Å². The Morgan fingerprint density at radius 2 is 1.37 bits per heavy atom. The highest BCUT2D eigenvalue weighted by molar-refractivity contribution is 8.00. The molecule has 0 saturated carbocycles. The van der Waals surface area contributed by atoms with E-state index < -0.39 is 8.07 Å². The normalized spacial score (nSPS) is 20.1. The van der Waals surface area contributed by atoms with Crippen molar-refractivity contribution in [1.82, 2.24) is 0 Å². The standard InChI is InChI=1S/C17H28SSi/c1-16(2,3)19(17(4,5)6)12-15(13-19)18-14-10-8-7-9-11-14/h7-11,15H,12-13H2,1-6H3. The summed E-state index contributed by atoms with van der Waals surface area (Å²) in [5.41, 5.74) is 0. The molecule has 1 aromatic rings. The lowest BCUT2D eigenvalue weighted by atomic mass is 10.2. The highest BCUT2D eigenvalue weighted by Gasteiger charge is 2.59. The maximum Gasteiger partial charge on any atom is 0.0665 e. The average molecular weight is 293 g/mol. The van der Waals surface area contributed by atoms with Crippen molar-refractivity contribution in [3.8, 4) is 0 Å². The first-order chi connectivity index (χ1) is 8.66.